The molecule has 0 saturated carbocycles. The van der Waals surface area contributed by atoms with Gasteiger partial charge in [0.05, 0.1) is 12.3 Å². The Kier molecular flexibility index (Phi) is 5.76. The van der Waals surface area contributed by atoms with Gasteiger partial charge in [0.1, 0.15) is 5.76 Å². The summed E-state index contributed by atoms with van der Waals surface area (Å²) in [6.07, 6.45) is 3.61. The largest absolute Gasteiger partial charge is 0.494 e. The Morgan fingerprint density at radius 1 is 1.46 bits per heavy atom. The topological polar surface area (TPSA) is 73.6 Å². The van der Waals surface area contributed by atoms with E-state index in [0.717, 1.165) is 18.6 Å². The van der Waals surface area contributed by atoms with E-state index in [1.54, 1.807) is 6.20 Å². The van der Waals surface area contributed by atoms with Crippen LogP contribution in [0.15, 0.2) is 17.0 Å². The zero-order valence-electron chi connectivity index (χ0n) is 8.58. The Labute approximate surface area is 79.7 Å². The normalized spacial score (nSPS) is 11.5. The summed E-state index contributed by atoms with van der Waals surface area (Å²) in [4.78, 5) is 3.78. The Morgan fingerprint density at radius 2 is 2.08 bits per heavy atom. The molecule has 0 amide bonds. The van der Waals surface area contributed by atoms with Crippen molar-refractivity contribution in [2.24, 2.45) is 16.5 Å². The predicted molar refractivity (Wildman–Crippen MR) is 55.0 cm³/mol. The lowest BCUT2D eigenvalue weighted by Gasteiger charge is -2.11. The van der Waals surface area contributed by atoms with E-state index >= 15 is 0 Å². The summed E-state index contributed by atoms with van der Waals surface area (Å²) in [7, 11) is 0. The fraction of sp³-hybridized carbons (Fsp3) is 0.667. The van der Waals surface area contributed by atoms with E-state index in [-0.39, 0.29) is 12.1 Å². The van der Waals surface area contributed by atoms with E-state index in [9.17, 15) is 0 Å². The standard InChI is InChI=1S/C9H19N3O/c1-4-5-8(13-7(2)3)6-12-9(10)11/h6-7H,4-5H2,1-3H3,(H4,10,11,12)/b8-6+. The van der Waals surface area contributed by atoms with Crippen LogP contribution >= 0.6 is 0 Å². The van der Waals surface area contributed by atoms with Crippen molar-refractivity contribution in [3.8, 4) is 0 Å². The van der Waals surface area contributed by atoms with Crippen molar-refractivity contribution in [3.05, 3.63) is 12.0 Å². The van der Waals surface area contributed by atoms with Gasteiger partial charge in [0.15, 0.2) is 5.96 Å². The van der Waals surface area contributed by atoms with Crippen LogP contribution in [-0.2, 0) is 4.74 Å². The monoisotopic (exact) mass is 185 g/mol. The van der Waals surface area contributed by atoms with Crippen molar-refractivity contribution in [2.75, 3.05) is 0 Å². The van der Waals surface area contributed by atoms with Crippen molar-refractivity contribution in [3.63, 3.8) is 0 Å². The summed E-state index contributed by atoms with van der Waals surface area (Å²) in [6, 6.07) is 0. The first-order valence-electron chi connectivity index (χ1n) is 4.50. The number of hydrogen-bond donors (Lipinski definition) is 2. The summed E-state index contributed by atoms with van der Waals surface area (Å²) < 4.78 is 5.48. The zero-order chi connectivity index (χ0) is 10.3. The highest BCUT2D eigenvalue weighted by atomic mass is 16.5. The average molecular weight is 185 g/mol. The van der Waals surface area contributed by atoms with Crippen LogP contribution in [0.25, 0.3) is 0 Å². The minimum absolute atomic E-state index is 0.0564. The predicted octanol–water partition coefficient (Wildman–Crippen LogP) is 1.33. The van der Waals surface area contributed by atoms with E-state index in [4.69, 9.17) is 16.2 Å². The van der Waals surface area contributed by atoms with Gasteiger partial charge in [-0.15, -0.1) is 0 Å². The summed E-state index contributed by atoms with van der Waals surface area (Å²) in [5.74, 6) is 0.881. The van der Waals surface area contributed by atoms with E-state index in [1.807, 2.05) is 13.8 Å². The van der Waals surface area contributed by atoms with Gasteiger partial charge in [-0.1, -0.05) is 6.92 Å². The first-order valence-corrected chi connectivity index (χ1v) is 4.50. The van der Waals surface area contributed by atoms with Crippen LogP contribution in [0.4, 0.5) is 0 Å². The van der Waals surface area contributed by atoms with Gasteiger partial charge in [-0.05, 0) is 20.3 Å². The number of guanidine groups is 1. The minimum Gasteiger partial charge on any atom is -0.494 e. The highest BCUT2D eigenvalue weighted by molar-refractivity contribution is 5.76. The molecule has 4 N–H and O–H groups in total. The molecule has 0 bridgehead atoms. The molecule has 0 atom stereocenters. The molecular formula is C9H19N3O. The van der Waals surface area contributed by atoms with Crippen molar-refractivity contribution in [1.82, 2.24) is 0 Å². The van der Waals surface area contributed by atoms with Gasteiger partial charge in [0.25, 0.3) is 0 Å². The Balaban J connectivity index is 4.22. The van der Waals surface area contributed by atoms with Crippen molar-refractivity contribution in [1.29, 1.82) is 0 Å². The number of rotatable bonds is 5. The van der Waals surface area contributed by atoms with Gasteiger partial charge in [-0.2, -0.15) is 0 Å². The van der Waals surface area contributed by atoms with Crippen molar-refractivity contribution >= 4 is 5.96 Å². The van der Waals surface area contributed by atoms with Gasteiger partial charge in [-0.25, -0.2) is 4.99 Å². The van der Waals surface area contributed by atoms with E-state index in [2.05, 4.69) is 11.9 Å². The van der Waals surface area contributed by atoms with E-state index in [1.165, 1.54) is 0 Å². The van der Waals surface area contributed by atoms with Gasteiger partial charge in [0, 0.05) is 6.42 Å². The molecule has 0 aliphatic rings. The van der Waals surface area contributed by atoms with Gasteiger partial charge < -0.3 is 16.2 Å². The Morgan fingerprint density at radius 3 is 2.46 bits per heavy atom. The third-order valence-corrected chi connectivity index (χ3v) is 1.24. The molecule has 13 heavy (non-hydrogen) atoms. The van der Waals surface area contributed by atoms with Crippen LogP contribution in [0.3, 0.4) is 0 Å². The molecule has 0 unspecified atom stereocenters. The lowest BCUT2D eigenvalue weighted by molar-refractivity contribution is 0.138. The van der Waals surface area contributed by atoms with Gasteiger partial charge in [0.2, 0.25) is 0 Å². The van der Waals surface area contributed by atoms with Crippen LogP contribution < -0.4 is 11.5 Å². The fourth-order valence-corrected chi connectivity index (χ4v) is 0.850. The zero-order valence-corrected chi connectivity index (χ0v) is 8.58. The third kappa shape index (κ3) is 7.18. The molecule has 0 saturated heterocycles. The van der Waals surface area contributed by atoms with Crippen LogP contribution in [0.5, 0.6) is 0 Å². The molecule has 4 heteroatoms. The summed E-state index contributed by atoms with van der Waals surface area (Å²) in [5, 5.41) is 0. The molecular weight excluding hydrogens is 166 g/mol. The van der Waals surface area contributed by atoms with Crippen molar-refractivity contribution in [2.45, 2.75) is 39.7 Å². The third-order valence-electron chi connectivity index (χ3n) is 1.24. The molecule has 0 radical (unpaired) electrons. The highest BCUT2D eigenvalue weighted by Gasteiger charge is 1.99. The minimum atomic E-state index is 0.0564. The smallest absolute Gasteiger partial charge is 0.190 e. The van der Waals surface area contributed by atoms with E-state index < -0.39 is 0 Å². The molecule has 0 rings (SSSR count). The molecule has 0 aromatic heterocycles. The molecule has 0 spiro atoms. The number of nitrogens with zero attached hydrogens (tertiary/aromatic N) is 1. The second kappa shape index (κ2) is 6.34. The number of hydrogen-bond acceptors (Lipinski definition) is 2. The SMILES string of the molecule is CCC/C(=C\N=C(N)N)OC(C)C. The molecule has 4 nitrogen and oxygen atoms in total. The lowest BCUT2D eigenvalue weighted by Crippen LogP contribution is -2.22. The number of ether oxygens (including phenoxy) is 1. The number of allylic oxidation sites excluding steroid dienone is 1. The maximum Gasteiger partial charge on any atom is 0.190 e. The molecule has 0 heterocycles. The maximum atomic E-state index is 5.48. The van der Waals surface area contributed by atoms with Crippen LogP contribution in [0.1, 0.15) is 33.6 Å². The second-order valence-corrected chi connectivity index (χ2v) is 3.07. The molecule has 0 aliphatic heterocycles. The summed E-state index contributed by atoms with van der Waals surface area (Å²) >= 11 is 0. The molecule has 76 valence electrons. The highest BCUT2D eigenvalue weighted by Crippen LogP contribution is 2.09. The second-order valence-electron chi connectivity index (χ2n) is 3.07. The number of aliphatic imine (C=N–C) groups is 1. The number of nitrogens with two attached hydrogens (primary N) is 2. The van der Waals surface area contributed by atoms with Crippen LogP contribution in [0, 0.1) is 0 Å². The first kappa shape index (κ1) is 11.8. The summed E-state index contributed by atoms with van der Waals surface area (Å²) in [6.45, 7) is 6.02. The summed E-state index contributed by atoms with van der Waals surface area (Å²) in [5.41, 5.74) is 10.4. The van der Waals surface area contributed by atoms with E-state index in [0.29, 0.717) is 0 Å². The van der Waals surface area contributed by atoms with Gasteiger partial charge >= 0.3 is 0 Å². The van der Waals surface area contributed by atoms with Gasteiger partial charge in [-0.3, -0.25) is 0 Å². The maximum absolute atomic E-state index is 5.48. The fourth-order valence-electron chi connectivity index (χ4n) is 0.850. The molecule has 0 aromatic carbocycles. The van der Waals surface area contributed by atoms with Crippen LogP contribution in [-0.4, -0.2) is 12.1 Å². The molecule has 0 aromatic rings. The Hall–Kier alpha value is -1.19. The first-order chi connectivity index (χ1) is 6.06. The Bertz CT molecular complexity index is 193. The van der Waals surface area contributed by atoms with Crippen molar-refractivity contribution < 1.29 is 4.74 Å². The molecule has 0 aliphatic carbocycles. The average Bonchev–Trinajstić information content (AvgIpc) is 1.99. The quantitative estimate of drug-likeness (QED) is 0.385. The van der Waals surface area contributed by atoms with Crippen LogP contribution in [0.2, 0.25) is 0 Å². The molecule has 0 fully saturated rings. The lowest BCUT2D eigenvalue weighted by atomic mass is 10.3.